The molecule has 1 fully saturated rings. The van der Waals surface area contributed by atoms with Gasteiger partial charge in [-0.3, -0.25) is 4.79 Å². The van der Waals surface area contributed by atoms with Gasteiger partial charge in [0.2, 0.25) is 5.91 Å². The molecule has 1 unspecified atom stereocenters. The van der Waals surface area contributed by atoms with Crippen molar-refractivity contribution in [3.8, 4) is 0 Å². The summed E-state index contributed by atoms with van der Waals surface area (Å²) in [7, 11) is 0. The van der Waals surface area contributed by atoms with Crippen molar-refractivity contribution < 1.29 is 4.79 Å². The third-order valence-corrected chi connectivity index (χ3v) is 5.02. The molecule has 2 aromatic carbocycles. The van der Waals surface area contributed by atoms with Gasteiger partial charge in [-0.1, -0.05) is 60.7 Å². The van der Waals surface area contributed by atoms with Crippen molar-refractivity contribution in [1.29, 1.82) is 0 Å². The van der Waals surface area contributed by atoms with E-state index in [4.69, 9.17) is 0 Å². The number of amides is 1. The number of rotatable bonds is 6. The molecular weight excluding hydrogens is 308 g/mol. The first kappa shape index (κ1) is 17.7. The fourth-order valence-corrected chi connectivity index (χ4v) is 3.69. The molecule has 1 aliphatic rings. The third kappa shape index (κ3) is 5.17. The number of hydrogen-bond donors (Lipinski definition) is 1. The van der Waals surface area contributed by atoms with Crippen LogP contribution < -0.4 is 5.32 Å². The third-order valence-electron chi connectivity index (χ3n) is 5.02. The van der Waals surface area contributed by atoms with Crippen LogP contribution in [0.15, 0.2) is 60.7 Å². The summed E-state index contributed by atoms with van der Waals surface area (Å²) in [6, 6.07) is 21.3. The van der Waals surface area contributed by atoms with Crippen molar-refractivity contribution in [2.45, 2.75) is 32.2 Å². The molecule has 0 bridgehead atoms. The highest BCUT2D eigenvalue weighted by Gasteiger charge is 2.25. The summed E-state index contributed by atoms with van der Waals surface area (Å²) < 4.78 is 0. The molecule has 3 rings (SSSR count). The summed E-state index contributed by atoms with van der Waals surface area (Å²) in [6.45, 7) is 4.75. The minimum Gasteiger partial charge on any atom is -0.337 e. The highest BCUT2D eigenvalue weighted by atomic mass is 16.2. The Balaban J connectivity index is 1.70. The molecule has 3 heteroatoms. The Hall–Kier alpha value is -2.13. The Bertz CT molecular complexity index is 615. The van der Waals surface area contributed by atoms with Gasteiger partial charge in [0.15, 0.2) is 0 Å². The van der Waals surface area contributed by atoms with Crippen molar-refractivity contribution in [2.24, 2.45) is 5.92 Å². The highest BCUT2D eigenvalue weighted by molar-refractivity contribution is 5.77. The molecule has 1 heterocycles. The Morgan fingerprint density at radius 3 is 2.12 bits per heavy atom. The van der Waals surface area contributed by atoms with E-state index in [0.717, 1.165) is 32.5 Å². The predicted molar refractivity (Wildman–Crippen MR) is 102 cm³/mol. The van der Waals surface area contributed by atoms with Crippen LogP contribution in [0.1, 0.15) is 24.5 Å². The number of hydrogen-bond acceptors (Lipinski definition) is 2. The highest BCUT2D eigenvalue weighted by Crippen LogP contribution is 2.20. The summed E-state index contributed by atoms with van der Waals surface area (Å²) >= 11 is 0. The first-order valence-corrected chi connectivity index (χ1v) is 9.30. The van der Waals surface area contributed by atoms with E-state index in [1.807, 2.05) is 12.1 Å². The number of nitrogens with one attached hydrogen (secondary N) is 1. The van der Waals surface area contributed by atoms with Gasteiger partial charge in [-0.2, -0.15) is 0 Å². The summed E-state index contributed by atoms with van der Waals surface area (Å²) in [4.78, 5) is 15.0. The fourth-order valence-electron chi connectivity index (χ4n) is 3.69. The number of carbonyl (C=O) groups excluding carboxylic acids is 1. The van der Waals surface area contributed by atoms with E-state index in [2.05, 4.69) is 65.7 Å². The Kier molecular flexibility index (Phi) is 6.24. The van der Waals surface area contributed by atoms with Gasteiger partial charge in [-0.25, -0.2) is 0 Å². The van der Waals surface area contributed by atoms with Gasteiger partial charge >= 0.3 is 0 Å². The lowest BCUT2D eigenvalue weighted by Gasteiger charge is -2.35. The maximum atomic E-state index is 12.9. The van der Waals surface area contributed by atoms with E-state index in [1.165, 1.54) is 11.1 Å². The standard InChI is InChI=1S/C22H28N2O/c1-18-17-23-12-13-24(18)22(25)16-21(14-19-8-4-2-5-9-19)15-20-10-6-3-7-11-20/h2-11,18,21,23H,12-17H2,1H3. The van der Waals surface area contributed by atoms with Crippen LogP contribution in [0, 0.1) is 5.92 Å². The van der Waals surface area contributed by atoms with Crippen LogP contribution in [0.5, 0.6) is 0 Å². The molecule has 25 heavy (non-hydrogen) atoms. The molecule has 3 nitrogen and oxygen atoms in total. The van der Waals surface area contributed by atoms with Crippen LogP contribution in [-0.2, 0) is 17.6 Å². The van der Waals surface area contributed by atoms with E-state index in [-0.39, 0.29) is 6.04 Å². The van der Waals surface area contributed by atoms with Gasteiger partial charge in [-0.05, 0) is 36.8 Å². The SMILES string of the molecule is CC1CNCCN1C(=O)CC(Cc1ccccc1)Cc1ccccc1. The minimum absolute atomic E-state index is 0.287. The van der Waals surface area contributed by atoms with Crippen molar-refractivity contribution in [3.63, 3.8) is 0 Å². The maximum Gasteiger partial charge on any atom is 0.223 e. The van der Waals surface area contributed by atoms with Crippen molar-refractivity contribution in [2.75, 3.05) is 19.6 Å². The molecular formula is C22H28N2O. The minimum atomic E-state index is 0.287. The number of nitrogens with zero attached hydrogens (tertiary/aromatic N) is 1. The zero-order chi connectivity index (χ0) is 17.5. The Labute approximate surface area is 151 Å². The van der Waals surface area contributed by atoms with Crippen LogP contribution in [0.3, 0.4) is 0 Å². The second-order valence-corrected chi connectivity index (χ2v) is 7.09. The molecule has 0 spiro atoms. The van der Waals surface area contributed by atoms with E-state index >= 15 is 0 Å². The summed E-state index contributed by atoms with van der Waals surface area (Å²) in [6.07, 6.45) is 2.51. The van der Waals surface area contributed by atoms with E-state index in [1.54, 1.807) is 0 Å². The predicted octanol–water partition coefficient (Wildman–Crippen LogP) is 3.30. The average molecular weight is 336 g/mol. The Morgan fingerprint density at radius 1 is 1.04 bits per heavy atom. The monoisotopic (exact) mass is 336 g/mol. The molecule has 0 aliphatic carbocycles. The van der Waals surface area contributed by atoms with Crippen LogP contribution in [0.2, 0.25) is 0 Å². The Morgan fingerprint density at radius 2 is 1.60 bits per heavy atom. The molecule has 1 atom stereocenters. The van der Waals surface area contributed by atoms with E-state index in [0.29, 0.717) is 18.2 Å². The number of carbonyl (C=O) groups is 1. The normalized spacial score (nSPS) is 17.7. The van der Waals surface area contributed by atoms with Crippen molar-refractivity contribution >= 4 is 5.91 Å². The average Bonchev–Trinajstić information content (AvgIpc) is 2.63. The largest absolute Gasteiger partial charge is 0.337 e. The summed E-state index contributed by atoms with van der Waals surface area (Å²) in [5.74, 6) is 0.630. The lowest BCUT2D eigenvalue weighted by atomic mass is 9.89. The smallest absolute Gasteiger partial charge is 0.223 e. The molecule has 0 saturated carbocycles. The zero-order valence-corrected chi connectivity index (χ0v) is 15.0. The maximum absolute atomic E-state index is 12.9. The van der Waals surface area contributed by atoms with Gasteiger partial charge in [0.05, 0.1) is 0 Å². The van der Waals surface area contributed by atoms with Crippen molar-refractivity contribution in [3.05, 3.63) is 71.8 Å². The molecule has 132 valence electrons. The number of piperazine rings is 1. The molecule has 1 saturated heterocycles. The van der Waals surface area contributed by atoms with Crippen LogP contribution in [0.25, 0.3) is 0 Å². The molecule has 0 aromatic heterocycles. The van der Waals surface area contributed by atoms with Gasteiger partial charge in [0, 0.05) is 32.1 Å². The second-order valence-electron chi connectivity index (χ2n) is 7.09. The lowest BCUT2D eigenvalue weighted by molar-refractivity contribution is -0.135. The zero-order valence-electron chi connectivity index (χ0n) is 15.0. The van der Waals surface area contributed by atoms with Gasteiger partial charge in [0.1, 0.15) is 0 Å². The summed E-state index contributed by atoms with van der Waals surface area (Å²) in [5.41, 5.74) is 2.62. The molecule has 1 amide bonds. The van der Waals surface area contributed by atoms with Gasteiger partial charge in [0.25, 0.3) is 0 Å². The number of benzene rings is 2. The molecule has 1 aliphatic heterocycles. The van der Waals surface area contributed by atoms with Gasteiger partial charge < -0.3 is 10.2 Å². The van der Waals surface area contributed by atoms with Crippen molar-refractivity contribution in [1.82, 2.24) is 10.2 Å². The molecule has 2 aromatic rings. The van der Waals surface area contributed by atoms with Crippen LogP contribution in [-0.4, -0.2) is 36.5 Å². The molecule has 1 N–H and O–H groups in total. The van der Waals surface area contributed by atoms with Gasteiger partial charge in [-0.15, -0.1) is 0 Å². The van der Waals surface area contributed by atoms with E-state index < -0.39 is 0 Å². The summed E-state index contributed by atoms with van der Waals surface area (Å²) in [5, 5.41) is 3.36. The first-order chi connectivity index (χ1) is 12.2. The van der Waals surface area contributed by atoms with Crippen LogP contribution >= 0.6 is 0 Å². The fraction of sp³-hybridized carbons (Fsp3) is 0.409. The second kappa shape index (κ2) is 8.82. The van der Waals surface area contributed by atoms with E-state index in [9.17, 15) is 4.79 Å². The lowest BCUT2D eigenvalue weighted by Crippen LogP contribution is -2.52. The topological polar surface area (TPSA) is 32.3 Å². The first-order valence-electron chi connectivity index (χ1n) is 9.30. The molecule has 0 radical (unpaired) electrons. The quantitative estimate of drug-likeness (QED) is 0.878. The van der Waals surface area contributed by atoms with Crippen LogP contribution in [0.4, 0.5) is 0 Å².